The van der Waals surface area contributed by atoms with Crippen LogP contribution in [0.2, 0.25) is 0 Å². The van der Waals surface area contributed by atoms with Crippen LogP contribution in [0.1, 0.15) is 48.4 Å². The molecule has 6 nitrogen and oxygen atoms in total. The molecule has 0 radical (unpaired) electrons. The molecule has 6 heteroatoms. The van der Waals surface area contributed by atoms with Gasteiger partial charge >= 0.3 is 0 Å². The molecule has 0 aromatic carbocycles. The van der Waals surface area contributed by atoms with Gasteiger partial charge in [0.15, 0.2) is 5.82 Å². The molecule has 3 rings (SSSR count). The van der Waals surface area contributed by atoms with E-state index >= 15 is 0 Å². The SMILES string of the molecule is Cc1cc(C)n(C(C)c2nc(C3CCOC3)no2)n1. The number of ether oxygens (including phenoxy) is 1. The van der Waals surface area contributed by atoms with Crippen molar-refractivity contribution >= 4 is 0 Å². The summed E-state index contributed by atoms with van der Waals surface area (Å²) in [5, 5.41) is 8.53. The summed E-state index contributed by atoms with van der Waals surface area (Å²) in [6.07, 6.45) is 0.966. The molecule has 0 spiro atoms. The smallest absolute Gasteiger partial charge is 0.251 e. The summed E-state index contributed by atoms with van der Waals surface area (Å²) in [5.41, 5.74) is 2.09. The van der Waals surface area contributed by atoms with Gasteiger partial charge in [-0.25, -0.2) is 0 Å². The first kappa shape index (κ1) is 12.3. The second kappa shape index (κ2) is 4.77. The number of nitrogens with zero attached hydrogens (tertiary/aromatic N) is 4. The second-order valence-electron chi connectivity index (χ2n) is 5.10. The summed E-state index contributed by atoms with van der Waals surface area (Å²) in [7, 11) is 0. The molecule has 0 bridgehead atoms. The molecule has 19 heavy (non-hydrogen) atoms. The fourth-order valence-corrected chi connectivity index (χ4v) is 2.46. The Morgan fingerprint density at radius 1 is 1.42 bits per heavy atom. The number of hydrogen-bond donors (Lipinski definition) is 0. The van der Waals surface area contributed by atoms with Crippen LogP contribution < -0.4 is 0 Å². The maximum Gasteiger partial charge on any atom is 0.251 e. The molecule has 2 unspecified atom stereocenters. The quantitative estimate of drug-likeness (QED) is 0.846. The van der Waals surface area contributed by atoms with Gasteiger partial charge in [0, 0.05) is 18.2 Å². The topological polar surface area (TPSA) is 66.0 Å². The number of aromatic nitrogens is 4. The van der Waals surface area contributed by atoms with Gasteiger partial charge in [-0.05, 0) is 33.3 Å². The predicted octanol–water partition coefficient (Wildman–Crippen LogP) is 2.00. The largest absolute Gasteiger partial charge is 0.381 e. The second-order valence-corrected chi connectivity index (χ2v) is 5.10. The molecule has 2 atom stereocenters. The van der Waals surface area contributed by atoms with E-state index in [2.05, 4.69) is 15.2 Å². The summed E-state index contributed by atoms with van der Waals surface area (Å²) < 4.78 is 12.6. The first-order valence-electron chi connectivity index (χ1n) is 6.59. The van der Waals surface area contributed by atoms with E-state index in [0.717, 1.165) is 30.2 Å². The molecule has 1 fully saturated rings. The van der Waals surface area contributed by atoms with Crippen LogP contribution in [-0.2, 0) is 4.74 Å². The van der Waals surface area contributed by atoms with E-state index < -0.39 is 0 Å². The molecule has 3 heterocycles. The highest BCUT2D eigenvalue weighted by atomic mass is 16.5. The van der Waals surface area contributed by atoms with Crippen LogP contribution in [0.15, 0.2) is 10.6 Å². The van der Waals surface area contributed by atoms with Crippen LogP contribution >= 0.6 is 0 Å². The Morgan fingerprint density at radius 2 is 2.26 bits per heavy atom. The van der Waals surface area contributed by atoms with Crippen LogP contribution in [0.3, 0.4) is 0 Å². The lowest BCUT2D eigenvalue weighted by Crippen LogP contribution is -2.11. The molecule has 102 valence electrons. The van der Waals surface area contributed by atoms with Gasteiger partial charge in [-0.2, -0.15) is 10.1 Å². The maximum atomic E-state index is 5.38. The van der Waals surface area contributed by atoms with Gasteiger partial charge < -0.3 is 9.26 Å². The van der Waals surface area contributed by atoms with Gasteiger partial charge in [0.25, 0.3) is 5.89 Å². The van der Waals surface area contributed by atoms with Crippen molar-refractivity contribution in [2.75, 3.05) is 13.2 Å². The molecule has 0 amide bonds. The Balaban J connectivity index is 1.83. The molecular formula is C13H18N4O2. The Morgan fingerprint density at radius 3 is 2.89 bits per heavy atom. The summed E-state index contributed by atoms with van der Waals surface area (Å²) in [6, 6.07) is 2.00. The number of rotatable bonds is 3. The Hall–Kier alpha value is -1.69. The van der Waals surface area contributed by atoms with E-state index in [1.165, 1.54) is 0 Å². The van der Waals surface area contributed by atoms with Crippen molar-refractivity contribution in [3.63, 3.8) is 0 Å². The molecule has 0 aliphatic carbocycles. The van der Waals surface area contributed by atoms with E-state index in [0.29, 0.717) is 12.5 Å². The predicted molar refractivity (Wildman–Crippen MR) is 68.0 cm³/mol. The molecule has 1 aliphatic rings. The van der Waals surface area contributed by atoms with E-state index in [1.807, 2.05) is 31.5 Å². The van der Waals surface area contributed by atoms with Crippen LogP contribution in [-0.4, -0.2) is 33.1 Å². The Bertz CT molecular complexity index is 569. The zero-order valence-electron chi connectivity index (χ0n) is 11.5. The third-order valence-electron chi connectivity index (χ3n) is 3.52. The Kier molecular flexibility index (Phi) is 3.10. The van der Waals surface area contributed by atoms with Crippen molar-refractivity contribution in [1.29, 1.82) is 0 Å². The molecule has 1 saturated heterocycles. The van der Waals surface area contributed by atoms with Gasteiger partial charge in [0.2, 0.25) is 0 Å². The Labute approximate surface area is 111 Å². The lowest BCUT2D eigenvalue weighted by atomic mass is 10.1. The zero-order valence-corrected chi connectivity index (χ0v) is 11.5. The minimum absolute atomic E-state index is 0.0442. The van der Waals surface area contributed by atoms with Crippen molar-refractivity contribution < 1.29 is 9.26 Å². The minimum atomic E-state index is -0.0442. The van der Waals surface area contributed by atoms with E-state index in [4.69, 9.17) is 9.26 Å². The summed E-state index contributed by atoms with van der Waals surface area (Å²) in [5.74, 6) is 1.62. The highest BCUT2D eigenvalue weighted by molar-refractivity contribution is 5.10. The number of aryl methyl sites for hydroxylation is 2. The minimum Gasteiger partial charge on any atom is -0.381 e. The third kappa shape index (κ3) is 2.28. The zero-order chi connectivity index (χ0) is 13.4. The van der Waals surface area contributed by atoms with Gasteiger partial charge in [-0.3, -0.25) is 4.68 Å². The fourth-order valence-electron chi connectivity index (χ4n) is 2.46. The first-order valence-corrected chi connectivity index (χ1v) is 6.59. The van der Waals surface area contributed by atoms with Gasteiger partial charge in [-0.1, -0.05) is 5.16 Å². The molecule has 2 aromatic rings. The lowest BCUT2D eigenvalue weighted by Gasteiger charge is -2.09. The van der Waals surface area contributed by atoms with Crippen molar-refractivity contribution in [1.82, 2.24) is 19.9 Å². The normalized spacial score (nSPS) is 20.9. The molecule has 2 aromatic heterocycles. The maximum absolute atomic E-state index is 5.38. The average Bonchev–Trinajstić information content (AvgIpc) is 3.06. The summed E-state index contributed by atoms with van der Waals surface area (Å²) >= 11 is 0. The van der Waals surface area contributed by atoms with Crippen molar-refractivity contribution in [3.8, 4) is 0 Å². The lowest BCUT2D eigenvalue weighted by molar-refractivity contribution is 0.192. The molecule has 1 aliphatic heterocycles. The van der Waals surface area contributed by atoms with E-state index in [9.17, 15) is 0 Å². The van der Waals surface area contributed by atoms with Crippen molar-refractivity contribution in [3.05, 3.63) is 29.2 Å². The average molecular weight is 262 g/mol. The van der Waals surface area contributed by atoms with E-state index in [1.54, 1.807) is 0 Å². The van der Waals surface area contributed by atoms with Crippen LogP contribution in [0.4, 0.5) is 0 Å². The fraction of sp³-hybridized carbons (Fsp3) is 0.615. The van der Waals surface area contributed by atoms with Crippen molar-refractivity contribution in [2.45, 2.75) is 39.2 Å². The van der Waals surface area contributed by atoms with Gasteiger partial charge in [-0.15, -0.1) is 0 Å². The molecule has 0 N–H and O–H groups in total. The van der Waals surface area contributed by atoms with Crippen molar-refractivity contribution in [2.24, 2.45) is 0 Å². The molecule has 0 saturated carbocycles. The van der Waals surface area contributed by atoms with Crippen LogP contribution in [0, 0.1) is 13.8 Å². The highest BCUT2D eigenvalue weighted by Crippen LogP contribution is 2.25. The van der Waals surface area contributed by atoms with Crippen LogP contribution in [0.5, 0.6) is 0 Å². The van der Waals surface area contributed by atoms with Gasteiger partial charge in [0.05, 0.1) is 12.3 Å². The van der Waals surface area contributed by atoms with Gasteiger partial charge in [0.1, 0.15) is 6.04 Å². The summed E-state index contributed by atoms with van der Waals surface area (Å²) in [6.45, 7) is 7.49. The molecular weight excluding hydrogens is 244 g/mol. The highest BCUT2D eigenvalue weighted by Gasteiger charge is 2.25. The van der Waals surface area contributed by atoms with E-state index in [-0.39, 0.29) is 12.0 Å². The monoisotopic (exact) mass is 262 g/mol. The van der Waals surface area contributed by atoms with Crippen LogP contribution in [0.25, 0.3) is 0 Å². The number of hydrogen-bond acceptors (Lipinski definition) is 5. The third-order valence-corrected chi connectivity index (χ3v) is 3.52. The first-order chi connectivity index (χ1) is 9.15. The summed E-state index contributed by atoms with van der Waals surface area (Å²) in [4.78, 5) is 4.50. The standard InChI is InChI=1S/C13H18N4O2/c1-8-6-9(2)17(15-8)10(3)13-14-12(16-19-13)11-4-5-18-7-11/h6,10-11H,4-5,7H2,1-3H3.